The van der Waals surface area contributed by atoms with Crippen LogP contribution >= 0.6 is 0 Å². The van der Waals surface area contributed by atoms with Crippen molar-refractivity contribution in [2.24, 2.45) is 4.99 Å². The van der Waals surface area contributed by atoms with Crippen LogP contribution in [0, 0.1) is 0 Å². The Kier molecular flexibility index (Phi) is 2.21. The number of nitrogens with one attached hydrogen (secondary N) is 1. The van der Waals surface area contributed by atoms with Gasteiger partial charge in [-0.15, -0.1) is 0 Å². The summed E-state index contributed by atoms with van der Waals surface area (Å²) in [6, 6.07) is 8.56. The van der Waals surface area contributed by atoms with E-state index < -0.39 is 0 Å². The summed E-state index contributed by atoms with van der Waals surface area (Å²) in [6.07, 6.45) is 1.87. The first-order valence-corrected chi connectivity index (χ1v) is 5.75. The molecule has 0 saturated carbocycles. The van der Waals surface area contributed by atoms with Crippen molar-refractivity contribution in [2.75, 3.05) is 20.2 Å². The molecule has 84 valence electrons. The monoisotopic (exact) mass is 216 g/mol. The topological polar surface area (TPSA) is 33.6 Å². The van der Waals surface area contributed by atoms with Crippen LogP contribution in [0.25, 0.3) is 0 Å². The van der Waals surface area contributed by atoms with Crippen molar-refractivity contribution in [1.82, 2.24) is 5.32 Å². The minimum Gasteiger partial charge on any atom is -0.370 e. The van der Waals surface area contributed by atoms with Crippen LogP contribution < -0.4 is 5.32 Å². The van der Waals surface area contributed by atoms with Crippen molar-refractivity contribution in [3.05, 3.63) is 35.4 Å². The maximum Gasteiger partial charge on any atom is 0.132 e. The molecular formula is C13H16N2O. The molecule has 2 aliphatic rings. The first-order chi connectivity index (χ1) is 7.84. The first kappa shape index (κ1) is 9.85. The van der Waals surface area contributed by atoms with Gasteiger partial charge in [-0.2, -0.15) is 0 Å². The number of hydrogen-bond donors (Lipinski definition) is 1. The van der Waals surface area contributed by atoms with E-state index in [0.29, 0.717) is 0 Å². The SMILES string of the molecule is COC1(C2=NCCN2)Cc2ccccc2C1. The summed E-state index contributed by atoms with van der Waals surface area (Å²) < 4.78 is 5.77. The molecule has 0 atom stereocenters. The molecule has 0 radical (unpaired) electrons. The van der Waals surface area contributed by atoms with Crippen LogP contribution in [-0.4, -0.2) is 31.6 Å². The highest BCUT2D eigenvalue weighted by Crippen LogP contribution is 2.33. The molecular weight excluding hydrogens is 200 g/mol. The van der Waals surface area contributed by atoms with Gasteiger partial charge in [0.25, 0.3) is 0 Å². The second kappa shape index (κ2) is 3.59. The van der Waals surface area contributed by atoms with Gasteiger partial charge in [0.1, 0.15) is 11.4 Å². The Hall–Kier alpha value is -1.35. The number of rotatable bonds is 2. The standard InChI is InChI=1S/C13H16N2O/c1-16-13(12-14-6-7-15-12)8-10-4-2-3-5-11(10)9-13/h2-5H,6-9H2,1H3,(H,14,15). The van der Waals surface area contributed by atoms with Gasteiger partial charge in [0.15, 0.2) is 0 Å². The van der Waals surface area contributed by atoms with E-state index in [0.717, 1.165) is 31.8 Å². The third kappa shape index (κ3) is 1.35. The molecule has 16 heavy (non-hydrogen) atoms. The van der Waals surface area contributed by atoms with E-state index in [-0.39, 0.29) is 5.60 Å². The van der Waals surface area contributed by atoms with Crippen LogP contribution in [0.15, 0.2) is 29.3 Å². The predicted octanol–water partition coefficient (Wildman–Crippen LogP) is 1.17. The molecule has 0 bridgehead atoms. The molecule has 0 aromatic heterocycles. The highest BCUT2D eigenvalue weighted by Gasteiger charge is 2.42. The maximum atomic E-state index is 5.77. The first-order valence-electron chi connectivity index (χ1n) is 5.75. The highest BCUT2D eigenvalue weighted by molar-refractivity contribution is 5.93. The van der Waals surface area contributed by atoms with Gasteiger partial charge in [0.2, 0.25) is 0 Å². The second-order valence-electron chi connectivity index (χ2n) is 4.48. The third-order valence-electron chi connectivity index (χ3n) is 3.57. The Balaban J connectivity index is 1.96. The quantitative estimate of drug-likeness (QED) is 0.805. The van der Waals surface area contributed by atoms with Gasteiger partial charge in [-0.05, 0) is 11.1 Å². The van der Waals surface area contributed by atoms with E-state index in [1.54, 1.807) is 7.11 Å². The number of amidine groups is 1. The zero-order valence-corrected chi connectivity index (χ0v) is 9.49. The van der Waals surface area contributed by atoms with E-state index >= 15 is 0 Å². The molecule has 1 aromatic rings. The molecule has 0 amide bonds. The molecule has 3 nitrogen and oxygen atoms in total. The number of hydrogen-bond acceptors (Lipinski definition) is 3. The Bertz CT molecular complexity index is 414. The lowest BCUT2D eigenvalue weighted by molar-refractivity contribution is 0.0570. The van der Waals surface area contributed by atoms with Gasteiger partial charge in [0.05, 0.1) is 6.54 Å². The molecule has 3 heteroatoms. The normalized spacial score (nSPS) is 21.4. The summed E-state index contributed by atoms with van der Waals surface area (Å²) in [6.45, 7) is 1.81. The lowest BCUT2D eigenvalue weighted by atomic mass is 9.98. The number of nitrogens with zero attached hydrogens (tertiary/aromatic N) is 1. The predicted molar refractivity (Wildman–Crippen MR) is 63.9 cm³/mol. The van der Waals surface area contributed by atoms with E-state index in [9.17, 15) is 0 Å². The average Bonchev–Trinajstić information content (AvgIpc) is 2.96. The van der Waals surface area contributed by atoms with Crippen LogP contribution in [-0.2, 0) is 17.6 Å². The molecule has 0 unspecified atom stereocenters. The molecule has 0 saturated heterocycles. The van der Waals surface area contributed by atoms with Crippen LogP contribution in [0.4, 0.5) is 0 Å². The van der Waals surface area contributed by atoms with E-state index in [1.165, 1.54) is 11.1 Å². The summed E-state index contributed by atoms with van der Waals surface area (Å²) >= 11 is 0. The van der Waals surface area contributed by atoms with Gasteiger partial charge < -0.3 is 10.1 Å². The molecule has 1 aliphatic heterocycles. The van der Waals surface area contributed by atoms with Crippen molar-refractivity contribution in [1.29, 1.82) is 0 Å². The van der Waals surface area contributed by atoms with Crippen LogP contribution in [0.1, 0.15) is 11.1 Å². The lowest BCUT2D eigenvalue weighted by Gasteiger charge is -2.27. The second-order valence-corrected chi connectivity index (χ2v) is 4.48. The van der Waals surface area contributed by atoms with Gasteiger partial charge in [-0.3, -0.25) is 4.99 Å². The van der Waals surface area contributed by atoms with Crippen LogP contribution in [0.5, 0.6) is 0 Å². The number of fused-ring (bicyclic) bond motifs is 1. The van der Waals surface area contributed by atoms with Crippen molar-refractivity contribution in [2.45, 2.75) is 18.4 Å². The average molecular weight is 216 g/mol. The largest absolute Gasteiger partial charge is 0.370 e. The summed E-state index contributed by atoms with van der Waals surface area (Å²) in [5.41, 5.74) is 2.54. The van der Waals surface area contributed by atoms with Crippen molar-refractivity contribution < 1.29 is 4.74 Å². The third-order valence-corrected chi connectivity index (χ3v) is 3.57. The van der Waals surface area contributed by atoms with Crippen molar-refractivity contribution >= 4 is 5.84 Å². The molecule has 1 aromatic carbocycles. The molecule has 3 rings (SSSR count). The van der Waals surface area contributed by atoms with Crippen LogP contribution in [0.3, 0.4) is 0 Å². The van der Waals surface area contributed by atoms with Gasteiger partial charge in [-0.1, -0.05) is 24.3 Å². The summed E-state index contributed by atoms with van der Waals surface area (Å²) in [4.78, 5) is 4.52. The minimum absolute atomic E-state index is 0.236. The number of ether oxygens (including phenoxy) is 1. The lowest BCUT2D eigenvalue weighted by Crippen LogP contribution is -2.47. The minimum atomic E-state index is -0.236. The summed E-state index contributed by atoms with van der Waals surface area (Å²) in [5, 5.41) is 3.35. The summed E-state index contributed by atoms with van der Waals surface area (Å²) in [5.74, 6) is 1.03. The highest BCUT2D eigenvalue weighted by atomic mass is 16.5. The molecule has 1 heterocycles. The van der Waals surface area contributed by atoms with Gasteiger partial charge >= 0.3 is 0 Å². The van der Waals surface area contributed by atoms with Gasteiger partial charge in [0, 0.05) is 26.5 Å². The smallest absolute Gasteiger partial charge is 0.132 e. The summed E-state index contributed by atoms with van der Waals surface area (Å²) in [7, 11) is 1.79. The fourth-order valence-electron chi connectivity index (χ4n) is 2.69. The Labute approximate surface area is 95.5 Å². The van der Waals surface area contributed by atoms with E-state index in [4.69, 9.17) is 4.74 Å². The fourth-order valence-corrected chi connectivity index (χ4v) is 2.69. The van der Waals surface area contributed by atoms with Crippen molar-refractivity contribution in [3.8, 4) is 0 Å². The van der Waals surface area contributed by atoms with Gasteiger partial charge in [-0.25, -0.2) is 0 Å². The maximum absolute atomic E-state index is 5.77. The Morgan fingerprint density at radius 3 is 2.44 bits per heavy atom. The zero-order chi connectivity index (χ0) is 11.0. The Morgan fingerprint density at radius 1 is 1.25 bits per heavy atom. The molecule has 0 spiro atoms. The molecule has 1 aliphatic carbocycles. The van der Waals surface area contributed by atoms with E-state index in [1.807, 2.05) is 0 Å². The molecule has 1 N–H and O–H groups in total. The number of aliphatic imine (C=N–C) groups is 1. The fraction of sp³-hybridized carbons (Fsp3) is 0.462. The van der Waals surface area contributed by atoms with Crippen molar-refractivity contribution in [3.63, 3.8) is 0 Å². The number of benzene rings is 1. The molecule has 0 fully saturated rings. The van der Waals surface area contributed by atoms with E-state index in [2.05, 4.69) is 34.6 Å². The number of methoxy groups -OCH3 is 1. The zero-order valence-electron chi connectivity index (χ0n) is 9.49. The van der Waals surface area contributed by atoms with Crippen LogP contribution in [0.2, 0.25) is 0 Å². The Morgan fingerprint density at radius 2 is 1.94 bits per heavy atom.